The number of nitrogens with one attached hydrogen (secondary N) is 1. The van der Waals surface area contributed by atoms with E-state index in [-0.39, 0.29) is 52.7 Å². The smallest absolute Gasteiger partial charge is 0.279 e. The summed E-state index contributed by atoms with van der Waals surface area (Å²) >= 11 is 0. The number of rotatable bonds is 5. The molecule has 8 nitrogen and oxygen atoms in total. The molecule has 0 aliphatic heterocycles. The first kappa shape index (κ1) is 31.3. The van der Waals surface area contributed by atoms with Crippen LogP contribution < -0.4 is 4.72 Å². The average molecular weight is 629 g/mol. The van der Waals surface area contributed by atoms with Crippen LogP contribution in [0.3, 0.4) is 0 Å². The zero-order chi connectivity index (χ0) is 25.5. The Kier molecular flexibility index (Phi) is 11.5. The van der Waals surface area contributed by atoms with E-state index < -0.39 is 26.7 Å². The van der Waals surface area contributed by atoms with Gasteiger partial charge in [-0.05, 0) is 42.5 Å². The summed E-state index contributed by atoms with van der Waals surface area (Å²) in [4.78, 5) is 17.4. The van der Waals surface area contributed by atoms with Crippen molar-refractivity contribution in [2.75, 3.05) is 4.72 Å². The second kappa shape index (κ2) is 13.5. The van der Waals surface area contributed by atoms with E-state index in [9.17, 15) is 31.7 Å². The fourth-order valence-electron chi connectivity index (χ4n) is 2.78. The first-order chi connectivity index (χ1) is 16.6. The van der Waals surface area contributed by atoms with E-state index in [2.05, 4.69) is 14.7 Å². The molecule has 0 aliphatic rings. The van der Waals surface area contributed by atoms with E-state index in [1.54, 1.807) is 24.5 Å². The minimum atomic E-state index is -4.54. The molecule has 0 saturated heterocycles. The summed E-state index contributed by atoms with van der Waals surface area (Å²) in [5.41, 5.74) is -0.687. The molecule has 4 rings (SSSR count). The van der Waals surface area contributed by atoms with Crippen molar-refractivity contribution in [3.05, 3.63) is 113 Å². The second-order valence-electron chi connectivity index (χ2n) is 6.86. The van der Waals surface area contributed by atoms with E-state index in [1.165, 1.54) is 12.1 Å². The van der Waals surface area contributed by atoms with Gasteiger partial charge < -0.3 is 0 Å². The average Bonchev–Trinajstić information content (AvgIpc) is 2.85. The minimum Gasteiger partial charge on any atom is -0.279 e. The Morgan fingerprint density at radius 3 is 1.95 bits per heavy atom. The third-order valence-electron chi connectivity index (χ3n) is 4.46. The normalized spacial score (nSPS) is 10.6. The summed E-state index contributed by atoms with van der Waals surface area (Å²) in [6.07, 6.45) is -0.375. The third-order valence-corrected chi connectivity index (χ3v) is 5.84. The first-order valence-electron chi connectivity index (χ1n) is 9.83. The number of non-ortho nitro benzene ring substituents is 1. The third kappa shape index (κ3) is 8.71. The maximum absolute atomic E-state index is 12.7. The van der Waals surface area contributed by atoms with Crippen LogP contribution in [0.1, 0.15) is 5.56 Å². The molecule has 2 aromatic heterocycles. The van der Waals surface area contributed by atoms with Crippen LogP contribution >= 0.6 is 0 Å². The first-order valence-corrected chi connectivity index (χ1v) is 11.3. The van der Waals surface area contributed by atoms with Gasteiger partial charge >= 0.3 is 6.18 Å². The van der Waals surface area contributed by atoms with Crippen molar-refractivity contribution in [2.24, 2.45) is 0 Å². The van der Waals surface area contributed by atoms with Crippen LogP contribution in [0, 0.1) is 10.1 Å². The number of pyridine rings is 2. The number of aromatic nitrogens is 2. The van der Waals surface area contributed by atoms with E-state index >= 15 is 0 Å². The summed E-state index contributed by atoms with van der Waals surface area (Å²) in [5, 5.41) is 10.7. The van der Waals surface area contributed by atoms with Crippen molar-refractivity contribution in [3.8, 4) is 11.3 Å². The number of sulfonamides is 1. The van der Waals surface area contributed by atoms with Crippen molar-refractivity contribution in [2.45, 2.75) is 11.1 Å². The van der Waals surface area contributed by atoms with Crippen LogP contribution in [0.2, 0.25) is 0 Å². The van der Waals surface area contributed by atoms with Gasteiger partial charge in [0.05, 0.1) is 26.8 Å². The molecule has 0 bridgehead atoms. The zero-order valence-corrected chi connectivity index (χ0v) is 20.8. The molecule has 0 saturated carbocycles. The number of halogens is 4. The van der Waals surface area contributed by atoms with Crippen molar-refractivity contribution in [1.82, 2.24) is 9.97 Å². The molecule has 0 fully saturated rings. The molecule has 14 heteroatoms. The molecule has 198 valence electrons. The molecule has 2 aromatic carbocycles. The molecule has 0 radical (unpaired) electrons. The molecular formula is C23H18F4N4O4PdS. The molecule has 0 atom stereocenters. The molecule has 0 aliphatic carbocycles. The van der Waals surface area contributed by atoms with E-state index in [0.29, 0.717) is 6.20 Å². The Hall–Kier alpha value is -3.73. The Labute approximate surface area is 222 Å². The quantitative estimate of drug-likeness (QED) is 0.131. The Morgan fingerprint density at radius 1 is 0.865 bits per heavy atom. The predicted octanol–water partition coefficient (Wildman–Crippen LogP) is 5.71. The van der Waals surface area contributed by atoms with E-state index in [1.807, 2.05) is 18.2 Å². The Morgan fingerprint density at radius 2 is 1.49 bits per heavy atom. The SMILES string of the molecule is F.O=[N+]([O-])c1ccc(S(=O)(=O)Nc2ccccc2-c2ccc(C(F)(F)F)cn2)cc1.[Pd].c1ccncc1. The van der Waals surface area contributed by atoms with Crippen LogP contribution in [0.25, 0.3) is 11.3 Å². The number of anilines is 1. The molecule has 1 N–H and O–H groups in total. The maximum Gasteiger partial charge on any atom is 0.417 e. The van der Waals surface area contributed by atoms with Crippen molar-refractivity contribution >= 4 is 21.4 Å². The molecule has 4 aromatic rings. The van der Waals surface area contributed by atoms with Gasteiger partial charge in [-0.1, -0.05) is 24.3 Å². The van der Waals surface area contributed by atoms with Gasteiger partial charge in [0.25, 0.3) is 15.7 Å². The topological polar surface area (TPSA) is 115 Å². The number of nitro benzene ring substituents is 1. The number of hydrogen-bond acceptors (Lipinski definition) is 6. The number of nitrogens with zero attached hydrogens (tertiary/aromatic N) is 3. The maximum atomic E-state index is 12.7. The summed E-state index contributed by atoms with van der Waals surface area (Å²) in [7, 11) is -4.10. The van der Waals surface area contributed by atoms with Crippen molar-refractivity contribution in [1.29, 1.82) is 0 Å². The number of alkyl halides is 3. The van der Waals surface area contributed by atoms with Crippen molar-refractivity contribution in [3.63, 3.8) is 0 Å². The fraction of sp³-hybridized carbons (Fsp3) is 0.0435. The van der Waals surface area contributed by atoms with Gasteiger partial charge in [0.2, 0.25) is 0 Å². The standard InChI is InChI=1S/C18H12F3N3O4S.C5H5N.FH.Pd/c19-18(20,21)12-5-10-16(22-11-12)15-3-1-2-4-17(15)23-29(27,28)14-8-6-13(7-9-14)24(25)26;1-2-4-6-5-3-1;;/h1-11,23H;1-5H;1H;. The monoisotopic (exact) mass is 628 g/mol. The zero-order valence-electron chi connectivity index (χ0n) is 18.5. The van der Waals surface area contributed by atoms with E-state index in [4.69, 9.17) is 0 Å². The second-order valence-corrected chi connectivity index (χ2v) is 8.54. The Balaban J connectivity index is 0.000000753. The minimum absolute atomic E-state index is 0. The summed E-state index contributed by atoms with van der Waals surface area (Å²) in [6, 6.07) is 18.0. The molecule has 2 heterocycles. The van der Waals surface area contributed by atoms with Gasteiger partial charge in [-0.3, -0.25) is 29.5 Å². The Bertz CT molecular complexity index is 1360. The van der Waals surface area contributed by atoms with Gasteiger partial charge in [0, 0.05) is 56.7 Å². The molecule has 0 amide bonds. The largest absolute Gasteiger partial charge is 0.417 e. The van der Waals surface area contributed by atoms with Crippen LogP contribution in [-0.2, 0) is 36.6 Å². The number of nitro groups is 1. The predicted molar refractivity (Wildman–Crippen MR) is 125 cm³/mol. The van der Waals surface area contributed by atoms with Gasteiger partial charge in [-0.15, -0.1) is 0 Å². The molecule has 0 unspecified atom stereocenters. The summed E-state index contributed by atoms with van der Waals surface area (Å²) < 4.78 is 65.7. The molecular weight excluding hydrogens is 611 g/mol. The fourth-order valence-corrected chi connectivity index (χ4v) is 3.86. The number of para-hydroxylation sites is 1. The number of hydrogen-bond donors (Lipinski definition) is 1. The molecule has 0 spiro atoms. The number of benzene rings is 2. The van der Waals surface area contributed by atoms with Crippen LogP contribution in [-0.4, -0.2) is 23.3 Å². The van der Waals surface area contributed by atoms with Gasteiger partial charge in [-0.25, -0.2) is 8.42 Å². The summed E-state index contributed by atoms with van der Waals surface area (Å²) in [6.45, 7) is 0. The van der Waals surface area contributed by atoms with Gasteiger partial charge in [-0.2, -0.15) is 13.2 Å². The van der Waals surface area contributed by atoms with Crippen LogP contribution in [0.15, 0.2) is 102 Å². The van der Waals surface area contributed by atoms with Crippen molar-refractivity contribution < 1.29 is 51.6 Å². The summed E-state index contributed by atoms with van der Waals surface area (Å²) in [5.74, 6) is 0. The van der Waals surface area contributed by atoms with Crippen LogP contribution in [0.5, 0.6) is 0 Å². The molecule has 37 heavy (non-hydrogen) atoms. The van der Waals surface area contributed by atoms with Gasteiger partial charge in [0.15, 0.2) is 0 Å². The van der Waals surface area contributed by atoms with Crippen LogP contribution in [0.4, 0.5) is 29.3 Å². The van der Waals surface area contributed by atoms with E-state index in [0.717, 1.165) is 36.4 Å². The van der Waals surface area contributed by atoms with Gasteiger partial charge in [0.1, 0.15) is 0 Å².